The van der Waals surface area contributed by atoms with Crippen LogP contribution in [0.15, 0.2) is 4.52 Å². The molecule has 0 aliphatic carbocycles. The smallest absolute Gasteiger partial charge is 0.265 e. The second kappa shape index (κ2) is 4.18. The molecule has 15 heavy (non-hydrogen) atoms. The summed E-state index contributed by atoms with van der Waals surface area (Å²) in [6, 6.07) is 0.540. The van der Waals surface area contributed by atoms with Gasteiger partial charge in [0, 0.05) is 26.1 Å². The van der Waals surface area contributed by atoms with Crippen LogP contribution in [0.25, 0.3) is 0 Å². The van der Waals surface area contributed by atoms with Crippen LogP contribution in [0.2, 0.25) is 0 Å². The van der Waals surface area contributed by atoms with Gasteiger partial charge in [0.05, 0.1) is 0 Å². The number of rotatable bonds is 2. The SMILES string of the molecule is CC1CC(c2nc(N(C)C)no2)CCN1. The van der Waals surface area contributed by atoms with Gasteiger partial charge < -0.3 is 14.7 Å². The fraction of sp³-hybridized carbons (Fsp3) is 0.800. The molecule has 2 unspecified atom stereocenters. The lowest BCUT2D eigenvalue weighted by molar-refractivity contribution is 0.295. The van der Waals surface area contributed by atoms with Crippen molar-refractivity contribution in [3.8, 4) is 0 Å². The lowest BCUT2D eigenvalue weighted by Crippen LogP contribution is -2.34. The molecule has 1 aliphatic heterocycles. The largest absolute Gasteiger partial charge is 0.344 e. The van der Waals surface area contributed by atoms with E-state index in [1.807, 2.05) is 19.0 Å². The molecular weight excluding hydrogens is 192 g/mol. The number of piperidine rings is 1. The Kier molecular flexibility index (Phi) is 2.90. The van der Waals surface area contributed by atoms with Gasteiger partial charge in [-0.25, -0.2) is 0 Å². The van der Waals surface area contributed by atoms with Crippen LogP contribution in [-0.4, -0.2) is 36.8 Å². The van der Waals surface area contributed by atoms with Gasteiger partial charge >= 0.3 is 0 Å². The molecule has 84 valence electrons. The van der Waals surface area contributed by atoms with E-state index in [-0.39, 0.29) is 0 Å². The van der Waals surface area contributed by atoms with Crippen molar-refractivity contribution in [2.75, 3.05) is 25.5 Å². The summed E-state index contributed by atoms with van der Waals surface area (Å²) in [5, 5.41) is 7.35. The van der Waals surface area contributed by atoms with Crippen LogP contribution >= 0.6 is 0 Å². The summed E-state index contributed by atoms with van der Waals surface area (Å²) < 4.78 is 5.28. The Labute approximate surface area is 89.8 Å². The molecule has 0 aromatic carbocycles. The highest BCUT2D eigenvalue weighted by molar-refractivity contribution is 5.24. The molecule has 0 saturated carbocycles. The Balaban J connectivity index is 2.08. The maximum absolute atomic E-state index is 5.28. The van der Waals surface area contributed by atoms with E-state index in [1.54, 1.807) is 0 Å². The first-order chi connectivity index (χ1) is 7.16. The molecule has 1 saturated heterocycles. The van der Waals surface area contributed by atoms with E-state index in [4.69, 9.17) is 4.52 Å². The second-order valence-electron chi connectivity index (χ2n) is 4.40. The minimum absolute atomic E-state index is 0.419. The molecule has 1 fully saturated rings. The quantitative estimate of drug-likeness (QED) is 0.789. The van der Waals surface area contributed by atoms with Crippen LogP contribution in [0.4, 0.5) is 5.95 Å². The monoisotopic (exact) mass is 210 g/mol. The zero-order valence-corrected chi connectivity index (χ0v) is 9.53. The van der Waals surface area contributed by atoms with E-state index >= 15 is 0 Å². The molecule has 1 aromatic heterocycles. The van der Waals surface area contributed by atoms with Gasteiger partial charge in [-0.05, 0) is 31.5 Å². The first-order valence-corrected chi connectivity index (χ1v) is 5.41. The molecule has 0 radical (unpaired) electrons. The topological polar surface area (TPSA) is 54.2 Å². The van der Waals surface area contributed by atoms with E-state index in [1.165, 1.54) is 0 Å². The first-order valence-electron chi connectivity index (χ1n) is 5.41. The maximum Gasteiger partial charge on any atom is 0.265 e. The van der Waals surface area contributed by atoms with E-state index in [9.17, 15) is 0 Å². The first kappa shape index (κ1) is 10.4. The summed E-state index contributed by atoms with van der Waals surface area (Å²) >= 11 is 0. The van der Waals surface area contributed by atoms with Crippen LogP contribution in [0, 0.1) is 0 Å². The third-order valence-electron chi connectivity index (χ3n) is 2.80. The number of nitrogens with zero attached hydrogens (tertiary/aromatic N) is 3. The van der Waals surface area contributed by atoms with Crippen LogP contribution < -0.4 is 10.2 Å². The molecule has 2 atom stereocenters. The van der Waals surface area contributed by atoms with Gasteiger partial charge in [-0.1, -0.05) is 0 Å². The van der Waals surface area contributed by atoms with Crippen molar-refractivity contribution in [3.63, 3.8) is 0 Å². The van der Waals surface area contributed by atoms with Gasteiger partial charge in [0.1, 0.15) is 0 Å². The summed E-state index contributed by atoms with van der Waals surface area (Å²) in [4.78, 5) is 6.25. The molecule has 2 rings (SSSR count). The van der Waals surface area contributed by atoms with Gasteiger partial charge in [-0.15, -0.1) is 0 Å². The van der Waals surface area contributed by atoms with Crippen molar-refractivity contribution in [2.24, 2.45) is 0 Å². The van der Waals surface area contributed by atoms with Crippen molar-refractivity contribution < 1.29 is 4.52 Å². The molecule has 1 N–H and O–H groups in total. The maximum atomic E-state index is 5.28. The van der Waals surface area contributed by atoms with E-state index in [2.05, 4.69) is 22.4 Å². The van der Waals surface area contributed by atoms with E-state index in [0.29, 0.717) is 17.9 Å². The Morgan fingerprint density at radius 2 is 2.27 bits per heavy atom. The van der Waals surface area contributed by atoms with Crippen molar-refractivity contribution in [2.45, 2.75) is 31.7 Å². The minimum atomic E-state index is 0.419. The van der Waals surface area contributed by atoms with Crippen molar-refractivity contribution in [1.29, 1.82) is 0 Å². The summed E-state index contributed by atoms with van der Waals surface area (Å²) in [5.74, 6) is 1.87. The Morgan fingerprint density at radius 3 is 2.87 bits per heavy atom. The van der Waals surface area contributed by atoms with Gasteiger partial charge in [0.15, 0.2) is 0 Å². The third kappa shape index (κ3) is 2.28. The predicted molar refractivity (Wildman–Crippen MR) is 58.1 cm³/mol. The van der Waals surface area contributed by atoms with Gasteiger partial charge in [-0.2, -0.15) is 4.98 Å². The van der Waals surface area contributed by atoms with Crippen molar-refractivity contribution in [1.82, 2.24) is 15.5 Å². The Bertz CT molecular complexity index is 323. The lowest BCUT2D eigenvalue weighted by atomic mass is 9.93. The number of aromatic nitrogens is 2. The number of hydrogen-bond donors (Lipinski definition) is 1. The normalized spacial score (nSPS) is 26.6. The average molecular weight is 210 g/mol. The molecule has 0 bridgehead atoms. The average Bonchev–Trinajstić information content (AvgIpc) is 2.66. The number of nitrogens with one attached hydrogen (secondary N) is 1. The van der Waals surface area contributed by atoms with Crippen LogP contribution in [0.1, 0.15) is 31.6 Å². The summed E-state index contributed by atoms with van der Waals surface area (Å²) in [7, 11) is 3.83. The van der Waals surface area contributed by atoms with Crippen molar-refractivity contribution in [3.05, 3.63) is 5.89 Å². The minimum Gasteiger partial charge on any atom is -0.344 e. The fourth-order valence-corrected chi connectivity index (χ4v) is 1.93. The van der Waals surface area contributed by atoms with Crippen LogP contribution in [0.5, 0.6) is 0 Å². The van der Waals surface area contributed by atoms with Crippen LogP contribution in [-0.2, 0) is 0 Å². The summed E-state index contributed by atoms with van der Waals surface area (Å²) in [6.07, 6.45) is 2.16. The highest BCUT2D eigenvalue weighted by Gasteiger charge is 2.25. The zero-order chi connectivity index (χ0) is 10.8. The van der Waals surface area contributed by atoms with Gasteiger partial charge in [0.2, 0.25) is 5.89 Å². The number of hydrogen-bond acceptors (Lipinski definition) is 5. The summed E-state index contributed by atoms with van der Waals surface area (Å²) in [5.41, 5.74) is 0. The molecular formula is C10H18N4O. The zero-order valence-electron chi connectivity index (χ0n) is 9.53. The highest BCUT2D eigenvalue weighted by atomic mass is 16.5. The Hall–Kier alpha value is -1.10. The lowest BCUT2D eigenvalue weighted by Gasteiger charge is -2.25. The van der Waals surface area contributed by atoms with E-state index in [0.717, 1.165) is 25.3 Å². The molecule has 5 heteroatoms. The molecule has 1 aliphatic rings. The predicted octanol–water partition coefficient (Wildman–Crippen LogP) is 0.991. The second-order valence-corrected chi connectivity index (χ2v) is 4.40. The standard InChI is InChI=1S/C10H18N4O/c1-7-6-8(4-5-11-7)9-12-10(13-15-9)14(2)3/h7-8,11H,4-6H2,1-3H3. The van der Waals surface area contributed by atoms with Gasteiger partial charge in [-0.3, -0.25) is 0 Å². The Morgan fingerprint density at radius 1 is 1.47 bits per heavy atom. The highest BCUT2D eigenvalue weighted by Crippen LogP contribution is 2.27. The molecule has 1 aromatic rings. The number of anilines is 1. The van der Waals surface area contributed by atoms with E-state index < -0.39 is 0 Å². The molecule has 2 heterocycles. The van der Waals surface area contributed by atoms with Gasteiger partial charge in [0.25, 0.3) is 5.95 Å². The molecule has 5 nitrogen and oxygen atoms in total. The molecule has 0 amide bonds. The van der Waals surface area contributed by atoms with Crippen molar-refractivity contribution >= 4 is 5.95 Å². The fourth-order valence-electron chi connectivity index (χ4n) is 1.93. The summed E-state index contributed by atoms with van der Waals surface area (Å²) in [6.45, 7) is 3.22. The molecule has 0 spiro atoms. The third-order valence-corrected chi connectivity index (χ3v) is 2.80. The van der Waals surface area contributed by atoms with Crippen LogP contribution in [0.3, 0.4) is 0 Å².